The largest absolute Gasteiger partial charge is 0.507 e. The van der Waals surface area contributed by atoms with Gasteiger partial charge in [-0.15, -0.1) is 0 Å². The Bertz CT molecular complexity index is 1170. The number of likely N-dealkylation sites (tertiary alicyclic amines) is 1. The van der Waals surface area contributed by atoms with Gasteiger partial charge in [0.05, 0.1) is 24.8 Å². The lowest BCUT2D eigenvalue weighted by Gasteiger charge is -2.29. The number of Topliss-reactive ketones (excluding diaryl/α,β-unsaturated/α-hetero) is 1. The molecule has 0 aliphatic carbocycles. The van der Waals surface area contributed by atoms with Crippen LogP contribution in [-0.2, 0) is 14.3 Å². The summed E-state index contributed by atoms with van der Waals surface area (Å²) in [7, 11) is 0. The first-order valence-corrected chi connectivity index (χ1v) is 12.8. The number of aliphatic hydroxyl groups excluding tert-OH is 1. The fourth-order valence-electron chi connectivity index (χ4n) is 4.67. The van der Waals surface area contributed by atoms with Crippen molar-refractivity contribution in [3.05, 3.63) is 90.5 Å². The van der Waals surface area contributed by atoms with Crippen molar-refractivity contribution in [3.8, 4) is 11.5 Å². The number of aliphatic hydroxyl groups is 1. The number of rotatable bonds is 12. The second-order valence-corrected chi connectivity index (χ2v) is 9.09. The number of hydrogen-bond acceptors (Lipinski definition) is 7. The average molecular weight is 519 g/mol. The van der Waals surface area contributed by atoms with Crippen LogP contribution < -0.4 is 9.47 Å². The minimum Gasteiger partial charge on any atom is -0.507 e. The third kappa shape index (κ3) is 6.33. The van der Waals surface area contributed by atoms with Gasteiger partial charge in [-0.1, -0.05) is 37.4 Å². The van der Waals surface area contributed by atoms with Crippen LogP contribution >= 0.6 is 0 Å². The molecule has 0 saturated carbocycles. The van der Waals surface area contributed by atoms with Crippen LogP contribution in [0.2, 0.25) is 0 Å². The molecule has 1 unspecified atom stereocenters. The van der Waals surface area contributed by atoms with Crippen molar-refractivity contribution in [2.24, 2.45) is 0 Å². The highest BCUT2D eigenvalue weighted by molar-refractivity contribution is 6.46. The first-order valence-electron chi connectivity index (χ1n) is 12.8. The summed E-state index contributed by atoms with van der Waals surface area (Å²) in [5, 5.41) is 11.3. The minimum absolute atomic E-state index is 0.0703. The first kappa shape index (κ1) is 27.2. The number of amides is 1. The molecule has 38 heavy (non-hydrogen) atoms. The Kier molecular flexibility index (Phi) is 9.35. The predicted molar refractivity (Wildman–Crippen MR) is 145 cm³/mol. The van der Waals surface area contributed by atoms with Crippen molar-refractivity contribution in [2.75, 3.05) is 52.6 Å². The van der Waals surface area contributed by atoms with Crippen LogP contribution in [0, 0.1) is 0 Å². The minimum atomic E-state index is -0.718. The summed E-state index contributed by atoms with van der Waals surface area (Å²) < 4.78 is 16.5. The summed E-state index contributed by atoms with van der Waals surface area (Å²) in [6.07, 6.45) is 3.99. The summed E-state index contributed by atoms with van der Waals surface area (Å²) in [5.74, 6) is -0.273. The molecule has 8 heteroatoms. The highest BCUT2D eigenvalue weighted by Crippen LogP contribution is 2.40. The van der Waals surface area contributed by atoms with Crippen LogP contribution in [0.25, 0.3) is 5.76 Å². The number of carbonyl (C=O) groups is 2. The molecule has 8 nitrogen and oxygen atoms in total. The fraction of sp³-hybridized carbons (Fsp3) is 0.333. The number of morpholine rings is 1. The Morgan fingerprint density at radius 2 is 1.50 bits per heavy atom. The molecule has 1 atom stereocenters. The van der Waals surface area contributed by atoms with Gasteiger partial charge in [-0.2, -0.15) is 0 Å². The van der Waals surface area contributed by atoms with Crippen LogP contribution in [0.1, 0.15) is 23.6 Å². The van der Waals surface area contributed by atoms with E-state index in [1.54, 1.807) is 53.5 Å². The summed E-state index contributed by atoms with van der Waals surface area (Å²) in [5.41, 5.74) is 1.22. The van der Waals surface area contributed by atoms with Gasteiger partial charge in [0.2, 0.25) is 0 Å². The van der Waals surface area contributed by atoms with Crippen molar-refractivity contribution in [1.29, 1.82) is 0 Å². The molecule has 4 rings (SSSR count). The first-order chi connectivity index (χ1) is 18.5. The standard InChI is InChI=1S/C30H34N2O6/c1-3-18-37-24-10-6-22(7-11-24)27-26(28(33)23-8-12-25(13-9-23)38-19-4-2)29(34)30(35)32(27)15-5-14-31-16-20-36-21-17-31/h3-4,6-13,27,33H,1-2,5,14-21H2/b28-26+. The van der Waals surface area contributed by atoms with Crippen LogP contribution in [0.5, 0.6) is 11.5 Å². The monoisotopic (exact) mass is 518 g/mol. The maximum atomic E-state index is 13.3. The molecule has 200 valence electrons. The molecule has 0 spiro atoms. The van der Waals surface area contributed by atoms with E-state index in [1.165, 1.54) is 0 Å². The molecule has 2 aromatic rings. The van der Waals surface area contributed by atoms with Gasteiger partial charge in [-0.25, -0.2) is 0 Å². The summed E-state index contributed by atoms with van der Waals surface area (Å²) in [6, 6.07) is 13.3. The van der Waals surface area contributed by atoms with Gasteiger partial charge in [-0.3, -0.25) is 14.5 Å². The lowest BCUT2D eigenvalue weighted by Crippen LogP contribution is -2.38. The molecule has 2 aromatic carbocycles. The van der Waals surface area contributed by atoms with E-state index in [1.807, 2.05) is 12.1 Å². The molecule has 0 aromatic heterocycles. The Morgan fingerprint density at radius 3 is 2.08 bits per heavy atom. The van der Waals surface area contributed by atoms with Gasteiger partial charge < -0.3 is 24.2 Å². The number of ketones is 1. The van der Waals surface area contributed by atoms with Crippen LogP contribution in [0.15, 0.2) is 79.4 Å². The topological polar surface area (TPSA) is 88.5 Å². The van der Waals surface area contributed by atoms with Gasteiger partial charge in [0.15, 0.2) is 0 Å². The smallest absolute Gasteiger partial charge is 0.295 e. The molecule has 2 fully saturated rings. The molecule has 0 bridgehead atoms. The molecule has 2 aliphatic rings. The van der Waals surface area contributed by atoms with Gasteiger partial charge in [0, 0.05) is 31.7 Å². The Hall–Kier alpha value is -3.88. The molecule has 1 amide bonds. The molecular weight excluding hydrogens is 484 g/mol. The Labute approximate surface area is 223 Å². The van der Waals surface area contributed by atoms with E-state index in [0.29, 0.717) is 62.0 Å². The predicted octanol–water partition coefficient (Wildman–Crippen LogP) is 3.96. The van der Waals surface area contributed by atoms with E-state index in [0.717, 1.165) is 19.6 Å². The van der Waals surface area contributed by atoms with Gasteiger partial charge >= 0.3 is 0 Å². The zero-order valence-electron chi connectivity index (χ0n) is 21.5. The molecular formula is C30H34N2O6. The quantitative estimate of drug-likeness (QED) is 0.197. The maximum absolute atomic E-state index is 13.3. The van der Waals surface area contributed by atoms with E-state index in [2.05, 4.69) is 18.1 Å². The highest BCUT2D eigenvalue weighted by Gasteiger charge is 2.45. The third-order valence-electron chi connectivity index (χ3n) is 6.58. The van der Waals surface area contributed by atoms with E-state index in [4.69, 9.17) is 14.2 Å². The maximum Gasteiger partial charge on any atom is 0.295 e. The average Bonchev–Trinajstić information content (AvgIpc) is 3.21. The van der Waals surface area contributed by atoms with Crippen molar-refractivity contribution >= 4 is 17.4 Å². The van der Waals surface area contributed by atoms with Crippen molar-refractivity contribution in [1.82, 2.24) is 9.80 Å². The van der Waals surface area contributed by atoms with E-state index in [-0.39, 0.29) is 11.3 Å². The van der Waals surface area contributed by atoms with E-state index in [9.17, 15) is 14.7 Å². The summed E-state index contributed by atoms with van der Waals surface area (Å²) in [4.78, 5) is 30.4. The fourth-order valence-corrected chi connectivity index (χ4v) is 4.67. The van der Waals surface area contributed by atoms with E-state index >= 15 is 0 Å². The van der Waals surface area contributed by atoms with Crippen molar-refractivity contribution in [3.63, 3.8) is 0 Å². The normalized spacial score (nSPS) is 19.4. The van der Waals surface area contributed by atoms with Gasteiger partial charge in [0.1, 0.15) is 30.5 Å². The molecule has 2 aliphatic heterocycles. The lowest BCUT2D eigenvalue weighted by atomic mass is 9.95. The molecule has 0 radical (unpaired) electrons. The zero-order valence-corrected chi connectivity index (χ0v) is 21.5. The number of carbonyl (C=O) groups excluding carboxylic acids is 2. The Balaban J connectivity index is 1.64. The van der Waals surface area contributed by atoms with Gasteiger partial charge in [0.25, 0.3) is 11.7 Å². The van der Waals surface area contributed by atoms with Gasteiger partial charge in [-0.05, 0) is 48.4 Å². The van der Waals surface area contributed by atoms with Crippen molar-refractivity contribution in [2.45, 2.75) is 12.5 Å². The van der Waals surface area contributed by atoms with Crippen molar-refractivity contribution < 1.29 is 28.9 Å². The third-order valence-corrected chi connectivity index (χ3v) is 6.58. The number of nitrogens with zero attached hydrogens (tertiary/aromatic N) is 2. The summed E-state index contributed by atoms with van der Waals surface area (Å²) >= 11 is 0. The second kappa shape index (κ2) is 13.1. The van der Waals surface area contributed by atoms with Crippen LogP contribution in [0.4, 0.5) is 0 Å². The molecule has 2 saturated heterocycles. The molecule has 2 heterocycles. The second-order valence-electron chi connectivity index (χ2n) is 9.09. The number of ether oxygens (including phenoxy) is 3. The molecule has 1 N–H and O–H groups in total. The van der Waals surface area contributed by atoms with E-state index < -0.39 is 17.7 Å². The van der Waals surface area contributed by atoms with Crippen LogP contribution in [0.3, 0.4) is 0 Å². The number of benzene rings is 2. The SMILES string of the molecule is C=CCOc1ccc(/C(O)=C2\C(=O)C(=O)N(CCCN3CCOCC3)C2c2ccc(OCC=C)cc2)cc1. The van der Waals surface area contributed by atoms with Crippen LogP contribution in [-0.4, -0.2) is 79.2 Å². The Morgan fingerprint density at radius 1 is 0.921 bits per heavy atom. The number of hydrogen-bond donors (Lipinski definition) is 1. The summed E-state index contributed by atoms with van der Waals surface area (Å²) in [6.45, 7) is 12.3. The highest BCUT2D eigenvalue weighted by atomic mass is 16.5. The zero-order chi connectivity index (χ0) is 26.9. The lowest BCUT2D eigenvalue weighted by molar-refractivity contribution is -0.140.